The van der Waals surface area contributed by atoms with Crippen molar-refractivity contribution in [3.63, 3.8) is 0 Å². The molecule has 0 spiro atoms. The Kier molecular flexibility index (Phi) is 3.91. The molecule has 1 amide bonds. The second-order valence-electron chi connectivity index (χ2n) is 6.20. The highest BCUT2D eigenvalue weighted by molar-refractivity contribution is 7.20. The largest absolute Gasteiger partial charge is 0.333 e. The third-order valence-electron chi connectivity index (χ3n) is 4.37. The topological polar surface area (TPSA) is 49.3 Å². The van der Waals surface area contributed by atoms with Gasteiger partial charge in [-0.25, -0.2) is 9.97 Å². The molecule has 118 valence electrons. The number of hydrogen-bond acceptors (Lipinski definition) is 5. The molecule has 6 heteroatoms. The van der Waals surface area contributed by atoms with E-state index < -0.39 is 0 Å². The maximum atomic E-state index is 13.0. The van der Waals surface area contributed by atoms with Crippen molar-refractivity contribution in [2.45, 2.75) is 33.7 Å². The Morgan fingerprint density at radius 2 is 1.95 bits per heavy atom. The molecule has 1 aliphatic heterocycles. The standard InChI is InChI=1S/C16H22N4OS/c1-9-8-19(5)6-7-20(9)16(21)14-10(2)13-11(3)17-12(4)18-15(13)22-14/h9H,6-8H2,1-5H3/t9-/m0/s1. The molecule has 1 aliphatic rings. The minimum absolute atomic E-state index is 0.137. The number of thiophene rings is 1. The van der Waals surface area contributed by atoms with Crippen molar-refractivity contribution < 1.29 is 4.79 Å². The van der Waals surface area contributed by atoms with Crippen molar-refractivity contribution >= 4 is 27.5 Å². The third kappa shape index (κ3) is 2.50. The summed E-state index contributed by atoms with van der Waals surface area (Å²) in [6.45, 7) is 10.7. The zero-order valence-corrected chi connectivity index (χ0v) is 14.6. The van der Waals surface area contributed by atoms with Gasteiger partial charge in [-0.3, -0.25) is 4.79 Å². The molecule has 0 radical (unpaired) electrons. The van der Waals surface area contributed by atoms with Gasteiger partial charge in [0.05, 0.1) is 4.88 Å². The van der Waals surface area contributed by atoms with E-state index in [1.807, 2.05) is 25.7 Å². The third-order valence-corrected chi connectivity index (χ3v) is 5.54. The number of aryl methyl sites for hydroxylation is 3. The fourth-order valence-electron chi connectivity index (χ4n) is 3.25. The van der Waals surface area contributed by atoms with E-state index in [9.17, 15) is 4.79 Å². The second-order valence-corrected chi connectivity index (χ2v) is 7.20. The summed E-state index contributed by atoms with van der Waals surface area (Å²) in [5.74, 6) is 0.899. The van der Waals surface area contributed by atoms with E-state index in [0.29, 0.717) is 0 Å². The summed E-state index contributed by atoms with van der Waals surface area (Å²) in [4.78, 5) is 27.9. The van der Waals surface area contributed by atoms with Crippen molar-refractivity contribution in [1.29, 1.82) is 0 Å². The smallest absolute Gasteiger partial charge is 0.264 e. The first kappa shape index (κ1) is 15.4. The summed E-state index contributed by atoms with van der Waals surface area (Å²) in [5, 5.41) is 1.04. The zero-order chi connectivity index (χ0) is 16.0. The van der Waals surface area contributed by atoms with Crippen LogP contribution in [0.5, 0.6) is 0 Å². The lowest BCUT2D eigenvalue weighted by Crippen LogP contribution is -2.52. The maximum absolute atomic E-state index is 13.0. The predicted octanol–water partition coefficient (Wildman–Crippen LogP) is 2.39. The van der Waals surface area contributed by atoms with Crippen LogP contribution in [0.15, 0.2) is 0 Å². The Bertz CT molecular complexity index is 739. The Balaban J connectivity index is 2.01. The molecule has 3 rings (SSSR count). The highest BCUT2D eigenvalue weighted by Gasteiger charge is 2.29. The van der Waals surface area contributed by atoms with Crippen molar-refractivity contribution in [2.75, 3.05) is 26.7 Å². The van der Waals surface area contributed by atoms with Crippen LogP contribution in [0, 0.1) is 20.8 Å². The molecule has 0 N–H and O–H groups in total. The molecule has 0 aromatic carbocycles. The van der Waals surface area contributed by atoms with Crippen LogP contribution in [0.2, 0.25) is 0 Å². The lowest BCUT2D eigenvalue weighted by atomic mass is 10.1. The van der Waals surface area contributed by atoms with E-state index in [1.54, 1.807) is 0 Å². The Labute approximate surface area is 135 Å². The number of aromatic nitrogens is 2. The number of carbonyl (C=O) groups is 1. The van der Waals surface area contributed by atoms with Crippen molar-refractivity contribution in [2.24, 2.45) is 0 Å². The van der Waals surface area contributed by atoms with Gasteiger partial charge in [0.1, 0.15) is 10.7 Å². The second kappa shape index (κ2) is 5.59. The maximum Gasteiger partial charge on any atom is 0.264 e. The highest BCUT2D eigenvalue weighted by Crippen LogP contribution is 2.32. The van der Waals surface area contributed by atoms with E-state index in [2.05, 4.69) is 28.8 Å². The molecule has 1 atom stereocenters. The van der Waals surface area contributed by atoms with Crippen LogP contribution in [-0.4, -0.2) is 58.4 Å². The molecule has 5 nitrogen and oxygen atoms in total. The number of likely N-dealkylation sites (N-methyl/N-ethyl adjacent to an activating group) is 1. The molecule has 1 fully saturated rings. The van der Waals surface area contributed by atoms with Crippen LogP contribution in [-0.2, 0) is 0 Å². The lowest BCUT2D eigenvalue weighted by molar-refractivity contribution is 0.0538. The van der Waals surface area contributed by atoms with Gasteiger partial charge >= 0.3 is 0 Å². The number of amides is 1. The number of piperazine rings is 1. The average molecular weight is 318 g/mol. The number of fused-ring (bicyclic) bond motifs is 1. The monoisotopic (exact) mass is 318 g/mol. The molecule has 0 bridgehead atoms. The summed E-state index contributed by atoms with van der Waals surface area (Å²) in [6, 6.07) is 0.241. The molecule has 0 saturated carbocycles. The van der Waals surface area contributed by atoms with Gasteiger partial charge in [-0.2, -0.15) is 0 Å². The summed E-state index contributed by atoms with van der Waals surface area (Å²) in [6.07, 6.45) is 0. The van der Waals surface area contributed by atoms with Gasteiger partial charge in [-0.1, -0.05) is 0 Å². The van der Waals surface area contributed by atoms with E-state index >= 15 is 0 Å². The summed E-state index contributed by atoms with van der Waals surface area (Å²) >= 11 is 1.50. The van der Waals surface area contributed by atoms with E-state index in [-0.39, 0.29) is 11.9 Å². The molecule has 2 aromatic rings. The first-order chi connectivity index (χ1) is 10.4. The molecular formula is C16H22N4OS. The molecule has 3 heterocycles. The fourth-order valence-corrected chi connectivity index (χ4v) is 4.48. The molecule has 0 aliphatic carbocycles. The number of rotatable bonds is 1. The van der Waals surface area contributed by atoms with Gasteiger partial charge < -0.3 is 9.80 Å². The Hall–Kier alpha value is -1.53. The predicted molar refractivity (Wildman–Crippen MR) is 89.6 cm³/mol. The molecule has 22 heavy (non-hydrogen) atoms. The summed E-state index contributed by atoms with van der Waals surface area (Å²) < 4.78 is 0. The average Bonchev–Trinajstić information content (AvgIpc) is 2.75. The molecule has 0 unspecified atom stereocenters. The first-order valence-electron chi connectivity index (χ1n) is 7.62. The van der Waals surface area contributed by atoms with Gasteiger partial charge in [-0.05, 0) is 40.3 Å². The van der Waals surface area contributed by atoms with Gasteiger partial charge in [0, 0.05) is 36.8 Å². The quantitative estimate of drug-likeness (QED) is 0.810. The van der Waals surface area contributed by atoms with Crippen LogP contribution < -0.4 is 0 Å². The summed E-state index contributed by atoms with van der Waals surface area (Å²) in [5.41, 5.74) is 1.98. The molecule has 2 aromatic heterocycles. The van der Waals surface area contributed by atoms with Gasteiger partial charge in [-0.15, -0.1) is 11.3 Å². The number of nitrogens with zero attached hydrogens (tertiary/aromatic N) is 4. The SMILES string of the molecule is Cc1nc(C)c2c(C)c(C(=O)N3CCN(C)C[C@@H]3C)sc2n1. The lowest BCUT2D eigenvalue weighted by Gasteiger charge is -2.38. The van der Waals surface area contributed by atoms with Crippen LogP contribution in [0.25, 0.3) is 10.2 Å². The van der Waals surface area contributed by atoms with E-state index in [0.717, 1.165) is 51.8 Å². The number of carbonyl (C=O) groups excluding carboxylic acids is 1. The van der Waals surface area contributed by atoms with E-state index in [4.69, 9.17) is 0 Å². The van der Waals surface area contributed by atoms with Crippen LogP contribution in [0.4, 0.5) is 0 Å². The first-order valence-corrected chi connectivity index (χ1v) is 8.44. The van der Waals surface area contributed by atoms with Crippen LogP contribution in [0.3, 0.4) is 0 Å². The minimum Gasteiger partial charge on any atom is -0.333 e. The fraction of sp³-hybridized carbons (Fsp3) is 0.562. The highest BCUT2D eigenvalue weighted by atomic mass is 32.1. The van der Waals surface area contributed by atoms with Gasteiger partial charge in [0.15, 0.2) is 0 Å². The van der Waals surface area contributed by atoms with Crippen LogP contribution in [0.1, 0.15) is 33.7 Å². The van der Waals surface area contributed by atoms with Gasteiger partial charge in [0.25, 0.3) is 5.91 Å². The molecular weight excluding hydrogens is 296 g/mol. The number of hydrogen-bond donors (Lipinski definition) is 0. The van der Waals surface area contributed by atoms with Crippen molar-refractivity contribution in [3.8, 4) is 0 Å². The molecule has 1 saturated heterocycles. The Morgan fingerprint density at radius 1 is 1.23 bits per heavy atom. The normalized spacial score (nSPS) is 19.9. The van der Waals surface area contributed by atoms with Crippen molar-refractivity contribution in [3.05, 3.63) is 22.0 Å². The van der Waals surface area contributed by atoms with E-state index in [1.165, 1.54) is 11.3 Å². The van der Waals surface area contributed by atoms with Crippen LogP contribution >= 0.6 is 11.3 Å². The van der Waals surface area contributed by atoms with Crippen molar-refractivity contribution in [1.82, 2.24) is 19.8 Å². The zero-order valence-electron chi connectivity index (χ0n) is 13.8. The summed E-state index contributed by atoms with van der Waals surface area (Å²) in [7, 11) is 2.10. The Morgan fingerprint density at radius 3 is 2.64 bits per heavy atom. The minimum atomic E-state index is 0.137. The van der Waals surface area contributed by atoms with Gasteiger partial charge in [0.2, 0.25) is 0 Å².